The molecule has 63 heavy (non-hydrogen) atoms. The van der Waals surface area contributed by atoms with Crippen LogP contribution in [0.5, 0.6) is 0 Å². The largest absolute Gasteiger partial charge is 0.387 e. The predicted octanol–water partition coefficient (Wildman–Crippen LogP) is 10.7. The highest BCUT2D eigenvalue weighted by Gasteiger charge is 2.58. The van der Waals surface area contributed by atoms with Crippen LogP contribution in [0.15, 0.2) is 67.5 Å². The van der Waals surface area contributed by atoms with Crippen molar-refractivity contribution >= 4 is 47.0 Å². The number of alkyl halides is 1. The average Bonchev–Trinajstić information content (AvgIpc) is 3.50. The Morgan fingerprint density at radius 2 is 1.63 bits per heavy atom. The zero-order valence-electron chi connectivity index (χ0n) is 38.8. The second-order valence-corrected chi connectivity index (χ2v) is 21.9. The number of hydrogen-bond acceptors (Lipinski definition) is 9. The van der Waals surface area contributed by atoms with E-state index < -0.39 is 16.1 Å². The third kappa shape index (κ3) is 14.3. The van der Waals surface area contributed by atoms with Crippen molar-refractivity contribution < 1.29 is 19.7 Å². The summed E-state index contributed by atoms with van der Waals surface area (Å²) in [5, 5.41) is 30.7. The number of aromatic amines is 1. The molecule has 2 aromatic heterocycles. The maximum absolute atomic E-state index is 11.2. The molecule has 3 atom stereocenters. The smallest absolute Gasteiger partial charge is 0.215 e. The molecule has 2 saturated carbocycles. The van der Waals surface area contributed by atoms with E-state index >= 15 is 0 Å². The fourth-order valence-corrected chi connectivity index (χ4v) is 9.41. The van der Waals surface area contributed by atoms with E-state index in [1.807, 2.05) is 69.3 Å². The third-order valence-electron chi connectivity index (χ3n) is 13.4. The Bertz CT molecular complexity index is 2040. The van der Waals surface area contributed by atoms with Crippen LogP contribution in [0.4, 0.5) is 0 Å². The molecule has 0 amide bonds. The highest BCUT2D eigenvalue weighted by atomic mass is 35.5. The first kappa shape index (κ1) is 51.6. The summed E-state index contributed by atoms with van der Waals surface area (Å²) in [6.07, 6.45) is 14.1. The first-order valence-corrected chi connectivity index (χ1v) is 24.2. The number of nitrogens with one attached hydrogen (secondary N) is 1. The lowest BCUT2D eigenvalue weighted by molar-refractivity contribution is -0.197. The molecule has 3 N–H and O–H groups in total. The maximum atomic E-state index is 11.2. The van der Waals surface area contributed by atoms with Crippen LogP contribution in [0.2, 0.25) is 10.0 Å². The van der Waals surface area contributed by atoms with Gasteiger partial charge in [0.15, 0.2) is 5.79 Å². The van der Waals surface area contributed by atoms with Crippen LogP contribution in [-0.2, 0) is 35.4 Å². The molecule has 2 aliphatic carbocycles. The Kier molecular flexibility index (Phi) is 18.0. The Hall–Kier alpha value is -2.39. The van der Waals surface area contributed by atoms with Gasteiger partial charge in [-0.05, 0) is 116 Å². The number of aromatic nitrogens is 6. The average molecular weight is 950 g/mol. The normalized spacial score (nSPS) is 22.7. The predicted molar refractivity (Wildman–Crippen MR) is 257 cm³/mol. The lowest BCUT2D eigenvalue weighted by Crippen LogP contribution is -2.47. The van der Waals surface area contributed by atoms with E-state index in [-0.39, 0.29) is 23.9 Å². The molecule has 2 aromatic carbocycles. The van der Waals surface area contributed by atoms with Gasteiger partial charge in [0.25, 0.3) is 0 Å². The van der Waals surface area contributed by atoms with E-state index in [1.54, 1.807) is 15.7 Å². The van der Waals surface area contributed by atoms with Crippen LogP contribution in [0, 0.1) is 21.5 Å². The molecule has 1 spiro atoms. The number of halogens is 3. The lowest BCUT2D eigenvalue weighted by Gasteiger charge is -2.41. The summed E-state index contributed by atoms with van der Waals surface area (Å²) < 4.78 is 16.2. The fourth-order valence-electron chi connectivity index (χ4n) is 8.69. The number of nitrogens with zero attached hydrogens (tertiary/aromatic N) is 6. The molecule has 350 valence electrons. The van der Waals surface area contributed by atoms with Gasteiger partial charge in [-0.15, -0.1) is 11.6 Å². The molecule has 15 heteroatoms. The quantitative estimate of drug-likeness (QED) is 0.0789. The van der Waals surface area contributed by atoms with Crippen molar-refractivity contribution in [1.29, 1.82) is 0 Å². The van der Waals surface area contributed by atoms with Gasteiger partial charge in [0.2, 0.25) is 4.77 Å². The van der Waals surface area contributed by atoms with Gasteiger partial charge >= 0.3 is 0 Å². The van der Waals surface area contributed by atoms with E-state index in [4.69, 9.17) is 56.5 Å². The highest BCUT2D eigenvalue weighted by Crippen LogP contribution is 2.53. The van der Waals surface area contributed by atoms with E-state index in [0.29, 0.717) is 34.6 Å². The molecule has 3 unspecified atom stereocenters. The van der Waals surface area contributed by atoms with Crippen molar-refractivity contribution in [3.63, 3.8) is 0 Å². The van der Waals surface area contributed by atoms with Gasteiger partial charge in [0.1, 0.15) is 24.6 Å². The minimum absolute atomic E-state index is 0.252. The SMILES string of the molecule is CC(C)(C)C(O)(CCc1ccc(Cl)cc1)Cn1cncn1.CCCN(CC)CC1COC2(CCC(C(C)(C)C)CC2)O1.OC(Cc1ccccc1Cl)(Cn1[nH]cnc1=S)C1(Cl)CC1. The molecular weight excluding hydrogens is 877 g/mol. The van der Waals surface area contributed by atoms with Crippen molar-refractivity contribution in [3.05, 3.63) is 93.5 Å². The highest BCUT2D eigenvalue weighted by molar-refractivity contribution is 7.71. The summed E-state index contributed by atoms with van der Waals surface area (Å²) in [7, 11) is 0. The van der Waals surface area contributed by atoms with Gasteiger partial charge in [-0.25, -0.2) is 9.97 Å². The van der Waals surface area contributed by atoms with Gasteiger partial charge in [0.05, 0.1) is 36.3 Å². The van der Waals surface area contributed by atoms with Crippen molar-refractivity contribution in [3.8, 4) is 0 Å². The third-order valence-corrected chi connectivity index (χ3v) is 15.0. The lowest BCUT2D eigenvalue weighted by atomic mass is 9.71. The second kappa shape index (κ2) is 21.9. The number of H-pyrrole nitrogens is 1. The van der Waals surface area contributed by atoms with Crippen LogP contribution in [0.1, 0.15) is 118 Å². The topological polar surface area (TPSA) is 126 Å². The molecule has 0 bridgehead atoms. The molecule has 1 aliphatic heterocycles. The van der Waals surface area contributed by atoms with Gasteiger partial charge in [0, 0.05) is 35.9 Å². The maximum Gasteiger partial charge on any atom is 0.215 e. The summed E-state index contributed by atoms with van der Waals surface area (Å²) in [5.74, 6) is 0.555. The Labute approximate surface area is 396 Å². The summed E-state index contributed by atoms with van der Waals surface area (Å²) in [5.41, 5.74) is 0.204. The Balaban J connectivity index is 0.000000178. The van der Waals surface area contributed by atoms with Gasteiger partial charge in [-0.2, -0.15) is 5.10 Å². The molecular formula is C48H72Cl3N7O4S. The van der Waals surface area contributed by atoms with Crippen LogP contribution >= 0.6 is 47.0 Å². The summed E-state index contributed by atoms with van der Waals surface area (Å²) in [6, 6.07) is 15.2. The van der Waals surface area contributed by atoms with E-state index in [9.17, 15) is 10.2 Å². The molecule has 4 aromatic rings. The number of ether oxygens (including phenoxy) is 2. The zero-order chi connectivity index (χ0) is 46.1. The van der Waals surface area contributed by atoms with E-state index in [1.165, 1.54) is 37.5 Å². The molecule has 0 radical (unpaired) electrons. The van der Waals surface area contributed by atoms with Crippen LogP contribution < -0.4 is 0 Å². The minimum Gasteiger partial charge on any atom is -0.387 e. The molecule has 3 heterocycles. The molecule has 11 nitrogen and oxygen atoms in total. The van der Waals surface area contributed by atoms with Gasteiger partial charge < -0.3 is 24.6 Å². The van der Waals surface area contributed by atoms with Crippen LogP contribution in [0.3, 0.4) is 0 Å². The number of likely N-dealkylation sites (N-methyl/N-ethyl adjacent to an activating group) is 1. The van der Waals surface area contributed by atoms with Crippen LogP contribution in [-0.4, -0.2) is 98.9 Å². The Morgan fingerprint density at radius 1 is 0.952 bits per heavy atom. The number of rotatable bonds is 15. The minimum atomic E-state index is -1.13. The molecule has 3 fully saturated rings. The summed E-state index contributed by atoms with van der Waals surface area (Å²) in [4.78, 5) is 9.76. The zero-order valence-corrected chi connectivity index (χ0v) is 41.8. The second-order valence-electron chi connectivity index (χ2n) is 20.0. The standard InChI is InChI=1S/C18H35NO2.C16H22ClN3O.C14H15Cl2N3OS/c1-6-12-19(7-2)13-16-14-20-18(21-16)10-8-15(9-11-18)17(3,4)5;1-15(2,3)16(21,10-20-12-18-11-19-20)9-8-13-4-6-14(17)7-5-13;15-11-4-2-1-3-10(11)7-14(20,13(16)5-6-13)8-19-12(21)17-9-18-19/h15-16H,6-14H2,1-5H3;4-7,11-12,21H,8-10H2,1-3H3;1-4,9,20H,5-8H2,(H,17,18,21). The summed E-state index contributed by atoms with van der Waals surface area (Å²) in [6.45, 7) is 22.5. The molecule has 1 saturated heterocycles. The van der Waals surface area contributed by atoms with Gasteiger partial charge in [-0.1, -0.05) is 109 Å². The first-order chi connectivity index (χ1) is 29.6. The van der Waals surface area contributed by atoms with E-state index in [0.717, 1.165) is 74.8 Å². The number of benzene rings is 2. The Morgan fingerprint density at radius 3 is 2.17 bits per heavy atom. The number of aryl methyl sites for hydroxylation is 1. The van der Waals surface area contributed by atoms with Crippen molar-refractivity contribution in [1.82, 2.24) is 34.4 Å². The van der Waals surface area contributed by atoms with Gasteiger partial charge in [-0.3, -0.25) is 14.5 Å². The molecule has 7 rings (SSSR count). The molecule has 3 aliphatic rings. The number of aliphatic hydroxyl groups is 2. The van der Waals surface area contributed by atoms with Crippen molar-refractivity contribution in [2.75, 3.05) is 26.2 Å². The van der Waals surface area contributed by atoms with Crippen LogP contribution in [0.25, 0.3) is 0 Å². The number of hydrogen-bond donors (Lipinski definition) is 3. The van der Waals surface area contributed by atoms with Crippen molar-refractivity contribution in [2.45, 2.75) is 161 Å². The first-order valence-electron chi connectivity index (χ1n) is 22.7. The fraction of sp³-hybridized carbons (Fsp3) is 0.667. The monoisotopic (exact) mass is 947 g/mol. The summed E-state index contributed by atoms with van der Waals surface area (Å²) >= 11 is 23.8. The van der Waals surface area contributed by atoms with Crippen molar-refractivity contribution in [2.24, 2.45) is 16.7 Å². The van der Waals surface area contributed by atoms with E-state index in [2.05, 4.69) is 59.7 Å².